The third-order valence-corrected chi connectivity index (χ3v) is 5.60. The van der Waals surface area contributed by atoms with Gasteiger partial charge in [-0.05, 0) is 50.5 Å². The first-order valence-electron chi connectivity index (χ1n) is 7.43. The molecule has 0 spiro atoms. The van der Waals surface area contributed by atoms with Crippen LogP contribution in [0.25, 0.3) is 0 Å². The van der Waals surface area contributed by atoms with Crippen molar-refractivity contribution >= 4 is 21.6 Å². The highest BCUT2D eigenvalue weighted by Crippen LogP contribution is 2.24. The molecule has 0 saturated carbocycles. The van der Waals surface area contributed by atoms with Gasteiger partial charge in [0.2, 0.25) is 10.0 Å². The van der Waals surface area contributed by atoms with Gasteiger partial charge in [0.05, 0.1) is 7.11 Å². The summed E-state index contributed by atoms with van der Waals surface area (Å²) in [5.41, 5.74) is 0.835. The number of halogens is 1. The minimum atomic E-state index is -3.71. The Morgan fingerprint density at radius 1 is 1.29 bits per heavy atom. The number of sulfonamides is 1. The Morgan fingerprint density at radius 3 is 2.58 bits per heavy atom. The Labute approximate surface area is 148 Å². The van der Waals surface area contributed by atoms with E-state index in [1.54, 1.807) is 14.0 Å². The Hall–Kier alpha value is -1.63. The molecule has 0 saturated heterocycles. The first-order valence-corrected chi connectivity index (χ1v) is 9.29. The first kappa shape index (κ1) is 18.7. The van der Waals surface area contributed by atoms with E-state index < -0.39 is 15.6 Å². The molecule has 1 aromatic heterocycles. The summed E-state index contributed by atoms with van der Waals surface area (Å²) in [4.78, 5) is 4.01. The summed E-state index contributed by atoms with van der Waals surface area (Å²) in [5, 5.41) is 0.294. The van der Waals surface area contributed by atoms with Crippen molar-refractivity contribution in [3.8, 4) is 5.75 Å². The molecule has 0 atom stereocenters. The molecule has 0 aliphatic rings. The van der Waals surface area contributed by atoms with E-state index in [1.165, 1.54) is 12.3 Å². The summed E-state index contributed by atoms with van der Waals surface area (Å²) in [6, 6.07) is 9.06. The molecule has 0 bridgehead atoms. The molecular formula is C17H21ClN2O3S. The molecular weight excluding hydrogens is 348 g/mol. The van der Waals surface area contributed by atoms with Crippen LogP contribution >= 0.6 is 11.6 Å². The standard InChI is InChI=1S/C17H21ClN2O3S/c1-12-9-14(11-19-16(12)18)24(21,22)20-17(2,3)10-13-7-5-6-8-15(13)23-4/h5-9,11,20H,10H2,1-4H3. The number of hydrogen-bond acceptors (Lipinski definition) is 4. The van der Waals surface area contributed by atoms with Crippen molar-refractivity contribution in [1.82, 2.24) is 9.71 Å². The molecule has 2 aromatic rings. The predicted molar refractivity (Wildman–Crippen MR) is 95.1 cm³/mol. The van der Waals surface area contributed by atoms with Gasteiger partial charge in [-0.1, -0.05) is 29.8 Å². The van der Waals surface area contributed by atoms with Crippen LogP contribution in [-0.2, 0) is 16.4 Å². The average Bonchev–Trinajstić information content (AvgIpc) is 2.49. The van der Waals surface area contributed by atoms with E-state index in [4.69, 9.17) is 16.3 Å². The molecule has 1 heterocycles. The smallest absolute Gasteiger partial charge is 0.242 e. The number of rotatable bonds is 6. The lowest BCUT2D eigenvalue weighted by molar-refractivity contribution is 0.395. The minimum absolute atomic E-state index is 0.0949. The molecule has 1 N–H and O–H groups in total. The third kappa shape index (κ3) is 4.47. The molecule has 1 aromatic carbocycles. The van der Waals surface area contributed by atoms with E-state index in [9.17, 15) is 8.42 Å². The maximum absolute atomic E-state index is 12.6. The van der Waals surface area contributed by atoms with Crippen molar-refractivity contribution in [2.45, 2.75) is 37.6 Å². The van der Waals surface area contributed by atoms with Crippen LogP contribution in [0.2, 0.25) is 5.15 Å². The van der Waals surface area contributed by atoms with Crippen LogP contribution in [0.1, 0.15) is 25.0 Å². The van der Waals surface area contributed by atoms with Gasteiger partial charge in [0, 0.05) is 11.7 Å². The number of para-hydroxylation sites is 1. The van der Waals surface area contributed by atoms with Gasteiger partial charge in [0.1, 0.15) is 15.8 Å². The first-order chi connectivity index (χ1) is 11.1. The van der Waals surface area contributed by atoms with Gasteiger partial charge in [-0.25, -0.2) is 18.1 Å². The van der Waals surface area contributed by atoms with E-state index in [0.29, 0.717) is 17.1 Å². The molecule has 24 heavy (non-hydrogen) atoms. The third-order valence-electron chi connectivity index (χ3n) is 3.54. The fourth-order valence-corrected chi connectivity index (χ4v) is 4.01. The lowest BCUT2D eigenvalue weighted by atomic mass is 9.96. The highest BCUT2D eigenvalue weighted by molar-refractivity contribution is 7.89. The van der Waals surface area contributed by atoms with Gasteiger partial charge in [-0.3, -0.25) is 0 Å². The molecule has 130 valence electrons. The lowest BCUT2D eigenvalue weighted by Gasteiger charge is -2.27. The fourth-order valence-electron chi connectivity index (χ4n) is 2.46. The summed E-state index contributed by atoms with van der Waals surface area (Å²) in [5.74, 6) is 0.730. The van der Waals surface area contributed by atoms with Crippen molar-refractivity contribution in [3.05, 3.63) is 52.8 Å². The Kier molecular flexibility index (Phi) is 5.52. The molecule has 0 fully saturated rings. The zero-order valence-corrected chi connectivity index (χ0v) is 15.7. The monoisotopic (exact) mass is 368 g/mol. The molecule has 2 rings (SSSR count). The Balaban J connectivity index is 2.25. The van der Waals surface area contributed by atoms with E-state index in [1.807, 2.05) is 38.1 Å². The number of hydrogen-bond donors (Lipinski definition) is 1. The van der Waals surface area contributed by atoms with Crippen LogP contribution in [0, 0.1) is 6.92 Å². The minimum Gasteiger partial charge on any atom is -0.496 e. The quantitative estimate of drug-likeness (QED) is 0.794. The van der Waals surface area contributed by atoms with Crippen molar-refractivity contribution in [1.29, 1.82) is 0 Å². The van der Waals surface area contributed by atoms with Gasteiger partial charge in [0.15, 0.2) is 0 Å². The highest BCUT2D eigenvalue weighted by atomic mass is 35.5. The number of nitrogens with one attached hydrogen (secondary N) is 1. The van der Waals surface area contributed by atoms with E-state index in [-0.39, 0.29) is 4.90 Å². The van der Waals surface area contributed by atoms with Crippen molar-refractivity contribution < 1.29 is 13.2 Å². The fraction of sp³-hybridized carbons (Fsp3) is 0.353. The van der Waals surface area contributed by atoms with Crippen LogP contribution in [0.3, 0.4) is 0 Å². The zero-order valence-electron chi connectivity index (χ0n) is 14.1. The second-order valence-corrected chi connectivity index (χ2v) is 8.30. The van der Waals surface area contributed by atoms with Crippen LogP contribution in [0.15, 0.2) is 41.4 Å². The van der Waals surface area contributed by atoms with Gasteiger partial charge < -0.3 is 4.74 Å². The number of methoxy groups -OCH3 is 1. The highest BCUT2D eigenvalue weighted by Gasteiger charge is 2.28. The summed E-state index contributed by atoms with van der Waals surface area (Å²) in [7, 11) is -2.11. The summed E-state index contributed by atoms with van der Waals surface area (Å²) in [6.45, 7) is 5.37. The number of nitrogens with zero attached hydrogens (tertiary/aromatic N) is 1. The van der Waals surface area contributed by atoms with Gasteiger partial charge in [-0.2, -0.15) is 0 Å². The Morgan fingerprint density at radius 2 is 1.96 bits per heavy atom. The van der Waals surface area contributed by atoms with Crippen LogP contribution in [-0.4, -0.2) is 26.1 Å². The maximum Gasteiger partial charge on any atom is 0.242 e. The zero-order chi connectivity index (χ0) is 18.0. The van der Waals surface area contributed by atoms with Crippen LogP contribution in [0.5, 0.6) is 5.75 Å². The number of pyridine rings is 1. The van der Waals surface area contributed by atoms with E-state index in [0.717, 1.165) is 11.3 Å². The summed E-state index contributed by atoms with van der Waals surface area (Å²) < 4.78 is 33.3. The second-order valence-electron chi connectivity index (χ2n) is 6.26. The molecule has 0 unspecified atom stereocenters. The normalized spacial score (nSPS) is 12.2. The number of aryl methyl sites for hydroxylation is 1. The van der Waals surface area contributed by atoms with Crippen LogP contribution in [0.4, 0.5) is 0 Å². The van der Waals surface area contributed by atoms with Crippen molar-refractivity contribution in [2.24, 2.45) is 0 Å². The molecule has 0 aliphatic heterocycles. The Bertz CT molecular complexity index is 835. The number of aromatic nitrogens is 1. The molecule has 5 nitrogen and oxygen atoms in total. The molecule has 0 amide bonds. The van der Waals surface area contributed by atoms with Gasteiger partial charge in [-0.15, -0.1) is 0 Å². The number of benzene rings is 1. The lowest BCUT2D eigenvalue weighted by Crippen LogP contribution is -2.45. The second kappa shape index (κ2) is 7.09. The summed E-state index contributed by atoms with van der Waals surface area (Å²) in [6.07, 6.45) is 1.74. The van der Waals surface area contributed by atoms with E-state index >= 15 is 0 Å². The molecule has 7 heteroatoms. The maximum atomic E-state index is 12.6. The SMILES string of the molecule is COc1ccccc1CC(C)(C)NS(=O)(=O)c1cnc(Cl)c(C)c1. The largest absolute Gasteiger partial charge is 0.496 e. The summed E-state index contributed by atoms with van der Waals surface area (Å²) >= 11 is 5.86. The van der Waals surface area contributed by atoms with Crippen molar-refractivity contribution in [2.75, 3.05) is 7.11 Å². The average molecular weight is 369 g/mol. The van der Waals surface area contributed by atoms with Crippen molar-refractivity contribution in [3.63, 3.8) is 0 Å². The predicted octanol–water partition coefficient (Wildman–Crippen LogP) is 3.35. The van der Waals surface area contributed by atoms with Crippen LogP contribution < -0.4 is 9.46 Å². The van der Waals surface area contributed by atoms with Gasteiger partial charge >= 0.3 is 0 Å². The van der Waals surface area contributed by atoms with E-state index in [2.05, 4.69) is 9.71 Å². The number of ether oxygens (including phenoxy) is 1. The molecule has 0 radical (unpaired) electrons. The topological polar surface area (TPSA) is 68.3 Å². The molecule has 0 aliphatic carbocycles. The van der Waals surface area contributed by atoms with Gasteiger partial charge in [0.25, 0.3) is 0 Å².